The van der Waals surface area contributed by atoms with E-state index in [2.05, 4.69) is 39.6 Å². The average molecular weight is 452 g/mol. The lowest BCUT2D eigenvalue weighted by molar-refractivity contribution is 0.180. The van der Waals surface area contributed by atoms with Gasteiger partial charge in [-0.15, -0.1) is 24.0 Å². The highest BCUT2D eigenvalue weighted by Crippen LogP contribution is 1.97. The number of aliphatic imine (C=N–C) groups is 1. The molecule has 0 aliphatic heterocycles. The third-order valence-corrected chi connectivity index (χ3v) is 3.57. The molecule has 1 aromatic heterocycles. The average Bonchev–Trinajstić information content (AvgIpc) is 3.03. The number of hydrogen-bond acceptors (Lipinski definition) is 4. The van der Waals surface area contributed by atoms with Crippen LogP contribution in [0.1, 0.15) is 13.3 Å². The predicted molar refractivity (Wildman–Crippen MR) is 110 cm³/mol. The predicted octanol–water partition coefficient (Wildman–Crippen LogP) is 1.27. The fraction of sp³-hybridized carbons (Fsp3) is 0.750. The lowest BCUT2D eigenvalue weighted by atomic mass is 10.2. The zero-order chi connectivity index (χ0) is 16.9. The van der Waals surface area contributed by atoms with Crippen LogP contribution in [-0.4, -0.2) is 74.6 Å². The molecule has 0 bridgehead atoms. The quantitative estimate of drug-likeness (QED) is 0.229. The lowest BCUT2D eigenvalue weighted by Gasteiger charge is -2.19. The number of likely N-dealkylation sites (N-methyl/N-ethyl adjacent to an activating group) is 1. The molecule has 0 aliphatic carbocycles. The molecule has 24 heavy (non-hydrogen) atoms. The molecular formula is C16H33IN6O. The van der Waals surface area contributed by atoms with Crippen molar-refractivity contribution in [3.8, 4) is 0 Å². The van der Waals surface area contributed by atoms with Gasteiger partial charge in [0.05, 0.1) is 0 Å². The molecule has 0 spiro atoms. The van der Waals surface area contributed by atoms with Gasteiger partial charge in [0.25, 0.3) is 0 Å². The van der Waals surface area contributed by atoms with Gasteiger partial charge < -0.3 is 20.3 Å². The van der Waals surface area contributed by atoms with Crippen LogP contribution in [0, 0.1) is 5.92 Å². The smallest absolute Gasteiger partial charge is 0.191 e. The molecule has 8 heteroatoms. The van der Waals surface area contributed by atoms with Crippen LogP contribution >= 0.6 is 24.0 Å². The van der Waals surface area contributed by atoms with Gasteiger partial charge in [-0.2, -0.15) is 5.10 Å². The molecule has 1 rings (SSSR count). The van der Waals surface area contributed by atoms with Crippen LogP contribution in [0.25, 0.3) is 0 Å². The lowest BCUT2D eigenvalue weighted by Crippen LogP contribution is -2.42. The van der Waals surface area contributed by atoms with Crippen LogP contribution in [0.4, 0.5) is 0 Å². The number of halogens is 1. The second-order valence-corrected chi connectivity index (χ2v) is 5.86. The molecule has 0 saturated heterocycles. The van der Waals surface area contributed by atoms with E-state index >= 15 is 0 Å². The summed E-state index contributed by atoms with van der Waals surface area (Å²) in [7, 11) is 5.67. The Balaban J connectivity index is 0.00000529. The van der Waals surface area contributed by atoms with Crippen LogP contribution < -0.4 is 10.6 Å². The van der Waals surface area contributed by atoms with Gasteiger partial charge in [-0.25, -0.2) is 0 Å². The van der Waals surface area contributed by atoms with Crippen molar-refractivity contribution < 1.29 is 4.74 Å². The summed E-state index contributed by atoms with van der Waals surface area (Å²) < 4.78 is 7.02. The summed E-state index contributed by atoms with van der Waals surface area (Å²) in [5.41, 5.74) is 0. The summed E-state index contributed by atoms with van der Waals surface area (Å²) in [6.45, 7) is 7.68. The highest BCUT2D eigenvalue weighted by molar-refractivity contribution is 14.0. The summed E-state index contributed by atoms with van der Waals surface area (Å²) in [6, 6.07) is 1.95. The van der Waals surface area contributed by atoms with E-state index in [-0.39, 0.29) is 24.0 Å². The monoisotopic (exact) mass is 452 g/mol. The number of rotatable bonds is 11. The van der Waals surface area contributed by atoms with Crippen molar-refractivity contribution in [2.75, 3.05) is 54.0 Å². The molecule has 1 unspecified atom stereocenters. The van der Waals surface area contributed by atoms with Gasteiger partial charge >= 0.3 is 0 Å². The van der Waals surface area contributed by atoms with Crippen molar-refractivity contribution in [2.24, 2.45) is 10.9 Å². The Hall–Kier alpha value is -0.870. The molecule has 0 aliphatic rings. The number of ether oxygens (including phenoxy) is 1. The number of aromatic nitrogens is 2. The molecule has 2 N–H and O–H groups in total. The molecule has 0 radical (unpaired) electrons. The van der Waals surface area contributed by atoms with Crippen LogP contribution in [-0.2, 0) is 11.3 Å². The second kappa shape index (κ2) is 14.5. The van der Waals surface area contributed by atoms with E-state index in [9.17, 15) is 0 Å². The Bertz CT molecular complexity index is 426. The Morgan fingerprint density at radius 2 is 2.17 bits per heavy atom. The minimum absolute atomic E-state index is 0. The van der Waals surface area contributed by atoms with Gasteiger partial charge in [0, 0.05) is 65.9 Å². The molecule has 0 aromatic carbocycles. The topological polar surface area (TPSA) is 66.7 Å². The van der Waals surface area contributed by atoms with E-state index in [1.54, 1.807) is 14.2 Å². The standard InChI is InChI=1S/C16H32N6O.HI/c1-15(14-22-10-5-7-20-22)13-19-16(17-2)18-8-11-21(3)9-6-12-23-4;/h5,7,10,15H,6,8-9,11-14H2,1-4H3,(H2,17,18,19);1H. The van der Waals surface area contributed by atoms with E-state index in [4.69, 9.17) is 4.74 Å². The van der Waals surface area contributed by atoms with Crippen molar-refractivity contribution in [1.29, 1.82) is 0 Å². The third-order valence-electron chi connectivity index (χ3n) is 3.57. The van der Waals surface area contributed by atoms with Crippen LogP contribution in [0.5, 0.6) is 0 Å². The summed E-state index contributed by atoms with van der Waals surface area (Å²) in [6.07, 6.45) is 4.86. The number of nitrogens with one attached hydrogen (secondary N) is 2. The summed E-state index contributed by atoms with van der Waals surface area (Å²) >= 11 is 0. The number of methoxy groups -OCH3 is 1. The first-order chi connectivity index (χ1) is 11.2. The Morgan fingerprint density at radius 3 is 2.79 bits per heavy atom. The first kappa shape index (κ1) is 23.1. The summed E-state index contributed by atoms with van der Waals surface area (Å²) in [4.78, 5) is 6.55. The normalized spacial score (nSPS) is 12.8. The number of guanidine groups is 1. The van der Waals surface area contributed by atoms with Gasteiger partial charge in [-0.05, 0) is 25.5 Å². The van der Waals surface area contributed by atoms with Crippen LogP contribution in [0.3, 0.4) is 0 Å². The fourth-order valence-electron chi connectivity index (χ4n) is 2.24. The Kier molecular flexibility index (Phi) is 13.9. The van der Waals surface area contributed by atoms with E-state index in [1.165, 1.54) is 0 Å². The minimum Gasteiger partial charge on any atom is -0.385 e. The SMILES string of the molecule is CN=C(NCCN(C)CCCOC)NCC(C)Cn1cccn1.I. The first-order valence-corrected chi connectivity index (χ1v) is 8.25. The van der Waals surface area contributed by atoms with Crippen molar-refractivity contribution in [2.45, 2.75) is 19.9 Å². The largest absolute Gasteiger partial charge is 0.385 e. The number of nitrogens with zero attached hydrogens (tertiary/aromatic N) is 4. The maximum Gasteiger partial charge on any atom is 0.191 e. The molecule has 0 saturated carbocycles. The highest BCUT2D eigenvalue weighted by atomic mass is 127. The highest BCUT2D eigenvalue weighted by Gasteiger charge is 2.05. The number of hydrogen-bond donors (Lipinski definition) is 2. The van der Waals surface area contributed by atoms with Crippen molar-refractivity contribution in [1.82, 2.24) is 25.3 Å². The van der Waals surface area contributed by atoms with Crippen molar-refractivity contribution >= 4 is 29.9 Å². The van der Waals surface area contributed by atoms with Gasteiger partial charge in [-0.3, -0.25) is 9.67 Å². The Labute approximate surface area is 163 Å². The molecular weight excluding hydrogens is 419 g/mol. The van der Waals surface area contributed by atoms with E-state index in [0.29, 0.717) is 5.92 Å². The molecule has 7 nitrogen and oxygen atoms in total. The summed E-state index contributed by atoms with van der Waals surface area (Å²) in [5.74, 6) is 1.33. The molecule has 0 fully saturated rings. The van der Waals surface area contributed by atoms with Crippen molar-refractivity contribution in [3.63, 3.8) is 0 Å². The molecule has 140 valence electrons. The Morgan fingerprint density at radius 1 is 1.38 bits per heavy atom. The van der Waals surface area contributed by atoms with Crippen molar-refractivity contribution in [3.05, 3.63) is 18.5 Å². The van der Waals surface area contributed by atoms with E-state index in [0.717, 1.165) is 51.7 Å². The second-order valence-electron chi connectivity index (χ2n) is 5.86. The zero-order valence-corrected chi connectivity index (χ0v) is 17.7. The van der Waals surface area contributed by atoms with Gasteiger partial charge in [-0.1, -0.05) is 6.92 Å². The fourth-order valence-corrected chi connectivity index (χ4v) is 2.24. The zero-order valence-electron chi connectivity index (χ0n) is 15.4. The van der Waals surface area contributed by atoms with Gasteiger partial charge in [0.1, 0.15) is 0 Å². The molecule has 1 aromatic rings. The molecule has 0 amide bonds. The summed E-state index contributed by atoms with van der Waals surface area (Å²) in [5, 5.41) is 10.9. The minimum atomic E-state index is 0. The molecule has 1 atom stereocenters. The van der Waals surface area contributed by atoms with Crippen LogP contribution in [0.15, 0.2) is 23.5 Å². The van der Waals surface area contributed by atoms with E-state index in [1.807, 2.05) is 23.1 Å². The van der Waals surface area contributed by atoms with Gasteiger partial charge in [0.2, 0.25) is 0 Å². The third kappa shape index (κ3) is 10.8. The molecule has 1 heterocycles. The maximum absolute atomic E-state index is 5.07. The van der Waals surface area contributed by atoms with E-state index < -0.39 is 0 Å². The van der Waals surface area contributed by atoms with Crippen LogP contribution in [0.2, 0.25) is 0 Å². The maximum atomic E-state index is 5.07. The first-order valence-electron chi connectivity index (χ1n) is 8.25. The van der Waals surface area contributed by atoms with Gasteiger partial charge in [0.15, 0.2) is 5.96 Å².